The predicted octanol–water partition coefficient (Wildman–Crippen LogP) is -2.63. The van der Waals surface area contributed by atoms with Crippen LogP contribution in [0.5, 0.6) is 0 Å². The number of piperidine rings is 2. The van der Waals surface area contributed by atoms with Gasteiger partial charge in [0.1, 0.15) is 0 Å². The second kappa shape index (κ2) is 8.29. The summed E-state index contributed by atoms with van der Waals surface area (Å²) in [4.78, 5) is 18.2. The molecule has 1 aromatic rings. The summed E-state index contributed by atoms with van der Waals surface area (Å²) in [7, 11) is 0. The number of nitrogens with two attached hydrogens (primary N) is 4. The molecule has 4 heterocycles. The van der Waals surface area contributed by atoms with Crippen LogP contribution >= 0.6 is 0 Å². The molecule has 0 bridgehead atoms. The van der Waals surface area contributed by atoms with Crippen molar-refractivity contribution in [2.24, 2.45) is 22.9 Å². The van der Waals surface area contributed by atoms with Crippen LogP contribution in [-0.4, -0.2) is 84.4 Å². The molecule has 5 atom stereocenters. The summed E-state index contributed by atoms with van der Waals surface area (Å²) in [5, 5.41) is 6.79. The highest BCUT2D eigenvalue weighted by molar-refractivity contribution is 5.47. The van der Waals surface area contributed by atoms with Crippen LogP contribution in [0.1, 0.15) is 19.3 Å². The lowest BCUT2D eigenvalue weighted by molar-refractivity contribution is 0.441. The monoisotopic (exact) mass is 391 g/mol. The van der Waals surface area contributed by atoms with Crippen molar-refractivity contribution in [3.63, 3.8) is 0 Å². The van der Waals surface area contributed by atoms with Crippen LogP contribution in [0.3, 0.4) is 0 Å². The molecule has 11 heteroatoms. The van der Waals surface area contributed by atoms with Gasteiger partial charge < -0.3 is 43.4 Å². The molecular formula is C17H33N11. The van der Waals surface area contributed by atoms with Gasteiger partial charge in [0.05, 0.1) is 0 Å². The summed E-state index contributed by atoms with van der Waals surface area (Å²) in [5.41, 5.74) is 24.7. The van der Waals surface area contributed by atoms with Crippen molar-refractivity contribution in [1.82, 2.24) is 20.3 Å². The second-order valence-corrected chi connectivity index (χ2v) is 8.41. The summed E-state index contributed by atoms with van der Waals surface area (Å²) in [6, 6.07) is 0.347. The highest BCUT2D eigenvalue weighted by Gasteiger charge is 2.29. The maximum atomic E-state index is 6.18. The molecule has 0 radical (unpaired) electrons. The van der Waals surface area contributed by atoms with Gasteiger partial charge in [0.15, 0.2) is 0 Å². The Kier molecular flexibility index (Phi) is 5.78. The van der Waals surface area contributed by atoms with Gasteiger partial charge in [-0.3, -0.25) is 0 Å². The van der Waals surface area contributed by atoms with Crippen LogP contribution in [-0.2, 0) is 0 Å². The molecule has 1 aromatic heterocycles. The smallest absolute Gasteiger partial charge is 0.232 e. The minimum absolute atomic E-state index is 0.0104. The Balaban J connectivity index is 1.62. The van der Waals surface area contributed by atoms with E-state index < -0.39 is 0 Å². The summed E-state index contributed by atoms with van der Waals surface area (Å²) < 4.78 is 0. The predicted molar refractivity (Wildman–Crippen MR) is 110 cm³/mol. The summed E-state index contributed by atoms with van der Waals surface area (Å²) >= 11 is 0. The highest BCUT2D eigenvalue weighted by Crippen LogP contribution is 2.22. The molecule has 10 N–H and O–H groups in total. The lowest BCUT2D eigenvalue weighted by Gasteiger charge is -2.37. The topological polar surface area (TPSA) is 173 Å². The normalized spacial score (nSPS) is 33.9. The van der Waals surface area contributed by atoms with Gasteiger partial charge in [-0.25, -0.2) is 0 Å². The van der Waals surface area contributed by atoms with Crippen LogP contribution in [0, 0.1) is 0 Å². The van der Waals surface area contributed by atoms with E-state index in [1.165, 1.54) is 0 Å². The molecule has 3 saturated heterocycles. The number of anilines is 3. The number of hydrogen-bond donors (Lipinski definition) is 6. The Labute approximate surface area is 165 Å². The van der Waals surface area contributed by atoms with Crippen LogP contribution in [0.4, 0.5) is 17.8 Å². The molecule has 0 saturated carbocycles. The SMILES string of the molecule is NC1C[C@H](N)CN(c2nc(NC3CCNC3)nc(N3CC(N)C[C@H](N)C3)n2)C1. The summed E-state index contributed by atoms with van der Waals surface area (Å²) in [6.07, 6.45) is 2.65. The minimum atomic E-state index is 0.0104. The first-order valence-electron chi connectivity index (χ1n) is 10.2. The fourth-order valence-electron chi connectivity index (χ4n) is 4.35. The Morgan fingerprint density at radius 1 is 0.786 bits per heavy atom. The van der Waals surface area contributed by atoms with Gasteiger partial charge in [0, 0.05) is 62.9 Å². The van der Waals surface area contributed by atoms with Crippen LogP contribution in [0.25, 0.3) is 0 Å². The standard InChI is InChI=1S/C17H33N11/c18-10-3-11(19)7-27(6-10)16-24-15(23-14-1-2-22-5-14)25-17(26-16)28-8-12(20)4-13(21)9-28/h10-14,22H,1-9,18-21H2,(H,23,24,25,26)/t10-,11?,12-,13?,14?/m0/s1. The van der Waals surface area contributed by atoms with Crippen molar-refractivity contribution < 1.29 is 0 Å². The molecule has 3 aliphatic heterocycles. The number of hydrogen-bond acceptors (Lipinski definition) is 11. The molecule has 0 spiro atoms. The van der Waals surface area contributed by atoms with Gasteiger partial charge in [0.25, 0.3) is 0 Å². The Morgan fingerprint density at radius 2 is 1.29 bits per heavy atom. The van der Waals surface area contributed by atoms with Gasteiger partial charge in [0.2, 0.25) is 17.8 Å². The van der Waals surface area contributed by atoms with E-state index in [2.05, 4.69) is 30.4 Å². The van der Waals surface area contributed by atoms with E-state index in [0.717, 1.165) is 32.4 Å². The Morgan fingerprint density at radius 3 is 1.71 bits per heavy atom. The molecule has 156 valence electrons. The van der Waals surface area contributed by atoms with E-state index in [0.29, 0.717) is 50.1 Å². The maximum absolute atomic E-state index is 6.18. The first-order chi connectivity index (χ1) is 13.5. The molecule has 0 amide bonds. The zero-order valence-corrected chi connectivity index (χ0v) is 16.3. The quantitative estimate of drug-likeness (QED) is 0.317. The molecule has 3 unspecified atom stereocenters. The highest BCUT2D eigenvalue weighted by atomic mass is 15.4. The average Bonchev–Trinajstić information content (AvgIpc) is 3.13. The largest absolute Gasteiger partial charge is 0.350 e. The van der Waals surface area contributed by atoms with E-state index in [1.54, 1.807) is 0 Å². The maximum Gasteiger partial charge on any atom is 0.232 e. The lowest BCUT2D eigenvalue weighted by Crippen LogP contribution is -2.54. The van der Waals surface area contributed by atoms with Gasteiger partial charge in [-0.15, -0.1) is 0 Å². The van der Waals surface area contributed by atoms with Crippen LogP contribution in [0.15, 0.2) is 0 Å². The summed E-state index contributed by atoms with van der Waals surface area (Å²) in [5.74, 6) is 1.79. The van der Waals surface area contributed by atoms with Gasteiger partial charge in [-0.05, 0) is 25.8 Å². The molecule has 3 aliphatic rings. The van der Waals surface area contributed by atoms with E-state index >= 15 is 0 Å². The van der Waals surface area contributed by atoms with E-state index in [-0.39, 0.29) is 24.2 Å². The summed E-state index contributed by atoms with van der Waals surface area (Å²) in [6.45, 7) is 4.62. The molecule has 0 aliphatic carbocycles. The van der Waals surface area contributed by atoms with E-state index in [1.807, 2.05) is 0 Å². The zero-order chi connectivity index (χ0) is 19.7. The number of nitrogens with one attached hydrogen (secondary N) is 2. The van der Waals surface area contributed by atoms with E-state index in [9.17, 15) is 0 Å². The van der Waals surface area contributed by atoms with Crippen molar-refractivity contribution >= 4 is 17.8 Å². The average molecular weight is 392 g/mol. The third kappa shape index (κ3) is 4.61. The first-order valence-corrected chi connectivity index (χ1v) is 10.2. The van der Waals surface area contributed by atoms with Crippen molar-refractivity contribution in [2.45, 2.75) is 49.5 Å². The van der Waals surface area contributed by atoms with Crippen molar-refractivity contribution in [3.8, 4) is 0 Å². The molecule has 11 nitrogen and oxygen atoms in total. The van der Waals surface area contributed by atoms with Crippen LogP contribution in [0.2, 0.25) is 0 Å². The van der Waals surface area contributed by atoms with Crippen molar-refractivity contribution in [3.05, 3.63) is 0 Å². The van der Waals surface area contributed by atoms with Crippen molar-refractivity contribution in [2.75, 3.05) is 54.4 Å². The number of nitrogens with zero attached hydrogens (tertiary/aromatic N) is 5. The fourth-order valence-corrected chi connectivity index (χ4v) is 4.35. The fraction of sp³-hybridized carbons (Fsp3) is 0.824. The molecular weight excluding hydrogens is 358 g/mol. The number of rotatable bonds is 4. The van der Waals surface area contributed by atoms with Gasteiger partial charge in [-0.1, -0.05) is 0 Å². The minimum Gasteiger partial charge on any atom is -0.350 e. The third-order valence-electron chi connectivity index (χ3n) is 5.60. The lowest BCUT2D eigenvalue weighted by atomic mass is 10.0. The van der Waals surface area contributed by atoms with Gasteiger partial charge >= 0.3 is 0 Å². The van der Waals surface area contributed by atoms with E-state index in [4.69, 9.17) is 27.9 Å². The second-order valence-electron chi connectivity index (χ2n) is 8.41. The van der Waals surface area contributed by atoms with Crippen LogP contribution < -0.4 is 43.4 Å². The zero-order valence-electron chi connectivity index (χ0n) is 16.3. The molecule has 4 rings (SSSR count). The number of aromatic nitrogens is 3. The third-order valence-corrected chi connectivity index (χ3v) is 5.60. The molecule has 28 heavy (non-hydrogen) atoms. The van der Waals surface area contributed by atoms with Gasteiger partial charge in [-0.2, -0.15) is 15.0 Å². The molecule has 3 fully saturated rings. The first kappa shape index (κ1) is 19.5. The van der Waals surface area contributed by atoms with Crippen molar-refractivity contribution in [1.29, 1.82) is 0 Å². The molecule has 0 aromatic carbocycles. The Hall–Kier alpha value is -1.79. The Bertz CT molecular complexity index is 600.